The van der Waals surface area contributed by atoms with Crippen LogP contribution in [0.15, 0.2) is 48.0 Å². The summed E-state index contributed by atoms with van der Waals surface area (Å²) in [6.07, 6.45) is 2.99. The molecule has 0 aliphatic heterocycles. The highest BCUT2D eigenvalue weighted by molar-refractivity contribution is 6.30. The Kier molecular flexibility index (Phi) is 3.98. The normalized spacial score (nSPS) is 14.0. The van der Waals surface area contributed by atoms with Crippen molar-refractivity contribution in [2.75, 3.05) is 0 Å². The van der Waals surface area contributed by atoms with Gasteiger partial charge in [0.1, 0.15) is 0 Å². The number of carbonyl (C=O) groups excluding carboxylic acids is 1. The molecule has 0 N–H and O–H groups in total. The minimum Gasteiger partial charge on any atom is -0.289 e. The Labute approximate surface area is 132 Å². The maximum atomic E-state index is 13.1. The van der Waals surface area contributed by atoms with E-state index in [9.17, 15) is 4.79 Å². The van der Waals surface area contributed by atoms with E-state index in [-0.39, 0.29) is 5.78 Å². The minimum atomic E-state index is 0.168. The van der Waals surface area contributed by atoms with Crippen LogP contribution in [0.3, 0.4) is 0 Å². The molecule has 1 aliphatic rings. The maximum absolute atomic E-state index is 13.1. The smallest absolute Gasteiger partial charge is 0.193 e. The van der Waals surface area contributed by atoms with E-state index in [0.29, 0.717) is 0 Å². The molecule has 0 saturated carbocycles. The first kappa shape index (κ1) is 14.8. The average molecular weight is 290 g/mol. The Hall–Kier alpha value is -2.15. The second kappa shape index (κ2) is 5.92. The zero-order valence-corrected chi connectivity index (χ0v) is 13.6. The highest BCUT2D eigenvalue weighted by Gasteiger charge is 2.24. The number of benzene rings is 2. The van der Waals surface area contributed by atoms with Gasteiger partial charge in [0.2, 0.25) is 0 Å². The Morgan fingerprint density at radius 1 is 0.955 bits per heavy atom. The van der Waals surface area contributed by atoms with E-state index < -0.39 is 0 Å². The number of allylic oxidation sites excluding steroid dienone is 2. The molecule has 0 atom stereocenters. The Balaban J connectivity index is 2.11. The summed E-state index contributed by atoms with van der Waals surface area (Å²) in [5.74, 6) is 0.168. The van der Waals surface area contributed by atoms with Crippen LogP contribution >= 0.6 is 0 Å². The SMILES string of the molecule is CCC1=C(C(=O)c2ccc(C)cc2)c2ccc(C)cc2CC1. The van der Waals surface area contributed by atoms with Crippen molar-refractivity contribution in [3.63, 3.8) is 0 Å². The van der Waals surface area contributed by atoms with Gasteiger partial charge in [0.15, 0.2) is 5.78 Å². The van der Waals surface area contributed by atoms with Crippen molar-refractivity contribution in [2.45, 2.75) is 40.0 Å². The lowest BCUT2D eigenvalue weighted by Gasteiger charge is -2.23. The van der Waals surface area contributed by atoms with E-state index in [0.717, 1.165) is 36.0 Å². The first-order valence-electron chi connectivity index (χ1n) is 8.03. The fraction of sp³-hybridized carbons (Fsp3) is 0.286. The number of hydrogen-bond acceptors (Lipinski definition) is 1. The van der Waals surface area contributed by atoms with E-state index in [1.54, 1.807) is 0 Å². The monoisotopic (exact) mass is 290 g/mol. The van der Waals surface area contributed by atoms with Crippen LogP contribution in [0.2, 0.25) is 0 Å². The van der Waals surface area contributed by atoms with Crippen LogP contribution in [0.5, 0.6) is 0 Å². The fourth-order valence-corrected chi connectivity index (χ4v) is 3.26. The largest absolute Gasteiger partial charge is 0.289 e. The molecular weight excluding hydrogens is 268 g/mol. The van der Waals surface area contributed by atoms with Gasteiger partial charge in [0.25, 0.3) is 0 Å². The number of fused-ring (bicyclic) bond motifs is 1. The lowest BCUT2D eigenvalue weighted by Crippen LogP contribution is -2.13. The number of aryl methyl sites for hydroxylation is 3. The first-order chi connectivity index (χ1) is 10.6. The summed E-state index contributed by atoms with van der Waals surface area (Å²) in [5, 5.41) is 0. The van der Waals surface area contributed by atoms with Gasteiger partial charge >= 0.3 is 0 Å². The molecule has 3 rings (SSSR count). The molecule has 0 radical (unpaired) electrons. The minimum absolute atomic E-state index is 0.168. The van der Waals surface area contributed by atoms with Crippen molar-refractivity contribution in [3.8, 4) is 0 Å². The van der Waals surface area contributed by atoms with Crippen LogP contribution in [0, 0.1) is 13.8 Å². The summed E-state index contributed by atoms with van der Waals surface area (Å²) in [5.41, 5.74) is 7.92. The molecule has 2 aromatic carbocycles. The van der Waals surface area contributed by atoms with Crippen molar-refractivity contribution in [2.24, 2.45) is 0 Å². The molecule has 1 nitrogen and oxygen atoms in total. The van der Waals surface area contributed by atoms with Crippen molar-refractivity contribution < 1.29 is 4.79 Å². The number of ketones is 1. The summed E-state index contributed by atoms with van der Waals surface area (Å²) >= 11 is 0. The molecule has 0 fully saturated rings. The van der Waals surface area contributed by atoms with Crippen LogP contribution in [0.4, 0.5) is 0 Å². The Morgan fingerprint density at radius 3 is 2.32 bits per heavy atom. The van der Waals surface area contributed by atoms with Crippen molar-refractivity contribution in [1.29, 1.82) is 0 Å². The number of Topliss-reactive ketones (excluding diaryl/α,β-unsaturated/α-hetero) is 1. The van der Waals surface area contributed by atoms with E-state index >= 15 is 0 Å². The summed E-state index contributed by atoms with van der Waals surface area (Å²) < 4.78 is 0. The molecule has 0 bridgehead atoms. The van der Waals surface area contributed by atoms with Gasteiger partial charge in [-0.2, -0.15) is 0 Å². The molecule has 0 heterocycles. The third kappa shape index (κ3) is 2.64. The zero-order valence-electron chi connectivity index (χ0n) is 13.6. The molecule has 0 amide bonds. The first-order valence-corrected chi connectivity index (χ1v) is 8.03. The van der Waals surface area contributed by atoms with Crippen LogP contribution < -0.4 is 0 Å². The van der Waals surface area contributed by atoms with Crippen LogP contribution in [-0.4, -0.2) is 5.78 Å². The van der Waals surface area contributed by atoms with Gasteiger partial charge < -0.3 is 0 Å². The molecule has 1 aliphatic carbocycles. The van der Waals surface area contributed by atoms with Crippen LogP contribution in [0.1, 0.15) is 52.4 Å². The Bertz CT molecular complexity index is 748. The lowest BCUT2D eigenvalue weighted by molar-refractivity contribution is 0.105. The standard InChI is InChI=1S/C21H22O/c1-4-16-10-11-18-13-15(3)7-12-19(18)20(16)21(22)17-8-5-14(2)6-9-17/h5-9,12-13H,4,10-11H2,1-3H3. The van der Waals surface area contributed by atoms with E-state index in [1.165, 1.54) is 22.3 Å². The van der Waals surface area contributed by atoms with Gasteiger partial charge in [-0.15, -0.1) is 0 Å². The quantitative estimate of drug-likeness (QED) is 0.701. The zero-order chi connectivity index (χ0) is 15.7. The second-order valence-corrected chi connectivity index (χ2v) is 6.19. The lowest BCUT2D eigenvalue weighted by atomic mass is 9.80. The van der Waals surface area contributed by atoms with Gasteiger partial charge in [-0.1, -0.05) is 66.1 Å². The van der Waals surface area contributed by atoms with Crippen molar-refractivity contribution >= 4 is 11.4 Å². The van der Waals surface area contributed by atoms with E-state index in [4.69, 9.17) is 0 Å². The van der Waals surface area contributed by atoms with Crippen molar-refractivity contribution in [3.05, 3.63) is 75.9 Å². The van der Waals surface area contributed by atoms with E-state index in [1.807, 2.05) is 31.2 Å². The van der Waals surface area contributed by atoms with Gasteiger partial charge in [0.05, 0.1) is 0 Å². The van der Waals surface area contributed by atoms with E-state index in [2.05, 4.69) is 32.0 Å². The molecule has 0 aromatic heterocycles. The highest BCUT2D eigenvalue weighted by Crippen LogP contribution is 2.35. The third-order valence-electron chi connectivity index (χ3n) is 4.55. The fourth-order valence-electron chi connectivity index (χ4n) is 3.26. The maximum Gasteiger partial charge on any atom is 0.193 e. The topological polar surface area (TPSA) is 17.1 Å². The third-order valence-corrected chi connectivity index (χ3v) is 4.55. The number of carbonyl (C=O) groups is 1. The highest BCUT2D eigenvalue weighted by atomic mass is 16.1. The molecule has 1 heteroatoms. The van der Waals surface area contributed by atoms with Crippen LogP contribution in [0.25, 0.3) is 5.57 Å². The van der Waals surface area contributed by atoms with Crippen molar-refractivity contribution in [1.82, 2.24) is 0 Å². The molecule has 0 spiro atoms. The molecule has 2 aromatic rings. The number of rotatable bonds is 3. The summed E-state index contributed by atoms with van der Waals surface area (Å²) in [6, 6.07) is 14.4. The van der Waals surface area contributed by atoms with Gasteiger partial charge in [-0.3, -0.25) is 4.79 Å². The molecule has 22 heavy (non-hydrogen) atoms. The van der Waals surface area contributed by atoms with Gasteiger partial charge in [0, 0.05) is 11.1 Å². The van der Waals surface area contributed by atoms with Gasteiger partial charge in [-0.25, -0.2) is 0 Å². The molecule has 112 valence electrons. The summed E-state index contributed by atoms with van der Waals surface area (Å²) in [6.45, 7) is 6.31. The summed E-state index contributed by atoms with van der Waals surface area (Å²) in [4.78, 5) is 13.1. The second-order valence-electron chi connectivity index (χ2n) is 6.19. The predicted molar refractivity (Wildman–Crippen MR) is 92.2 cm³/mol. The molecule has 0 saturated heterocycles. The number of hydrogen-bond donors (Lipinski definition) is 0. The molecule has 0 unspecified atom stereocenters. The predicted octanol–water partition coefficient (Wildman–Crippen LogP) is 5.30. The van der Waals surface area contributed by atoms with Crippen LogP contribution in [-0.2, 0) is 6.42 Å². The molecular formula is C21H22O. The van der Waals surface area contributed by atoms with Gasteiger partial charge in [-0.05, 0) is 44.2 Å². The Morgan fingerprint density at radius 2 is 1.64 bits per heavy atom. The average Bonchev–Trinajstić information content (AvgIpc) is 2.53. The summed E-state index contributed by atoms with van der Waals surface area (Å²) in [7, 11) is 0.